The summed E-state index contributed by atoms with van der Waals surface area (Å²) in [6.07, 6.45) is 5.13. The Kier molecular flexibility index (Phi) is 4.89. The van der Waals surface area contributed by atoms with Crippen LogP contribution in [0.2, 0.25) is 0 Å². The molecule has 0 atom stereocenters. The molecule has 4 heteroatoms. The van der Waals surface area contributed by atoms with Crippen molar-refractivity contribution in [3.8, 4) is 0 Å². The molecule has 1 aliphatic carbocycles. The van der Waals surface area contributed by atoms with Crippen molar-refractivity contribution in [3.05, 3.63) is 41.2 Å². The van der Waals surface area contributed by atoms with Crippen molar-refractivity contribution in [2.24, 2.45) is 10.8 Å². The van der Waals surface area contributed by atoms with E-state index in [9.17, 15) is 9.18 Å². The number of allylic oxidation sites excluding steroid dienone is 2. The maximum Gasteiger partial charge on any atom is 0.407 e. The Morgan fingerprint density at radius 3 is 2.42 bits per heavy atom. The highest BCUT2D eigenvalue weighted by Crippen LogP contribution is 2.48. The Morgan fingerprint density at radius 1 is 1.19 bits per heavy atom. The van der Waals surface area contributed by atoms with E-state index in [1.165, 1.54) is 10.5 Å². The van der Waals surface area contributed by atoms with Crippen molar-refractivity contribution in [2.75, 3.05) is 13.1 Å². The third-order valence-electron chi connectivity index (χ3n) is 5.73. The minimum atomic E-state index is -0.860. The second-order valence-electron chi connectivity index (χ2n) is 9.45. The molecule has 1 aromatic rings. The molecule has 0 aromatic heterocycles. The molecule has 0 spiro atoms. The van der Waals surface area contributed by atoms with Crippen LogP contribution in [0, 0.1) is 16.6 Å². The van der Waals surface area contributed by atoms with Gasteiger partial charge >= 0.3 is 6.09 Å². The van der Waals surface area contributed by atoms with E-state index in [1.54, 1.807) is 12.1 Å². The molecule has 0 radical (unpaired) electrons. The molecule has 2 aliphatic rings. The number of nitrogens with zero attached hydrogens (tertiary/aromatic N) is 1. The van der Waals surface area contributed by atoms with E-state index in [0.29, 0.717) is 13.1 Å². The highest BCUT2D eigenvalue weighted by atomic mass is 19.1. The van der Waals surface area contributed by atoms with E-state index in [2.05, 4.69) is 33.8 Å². The molecule has 1 aromatic carbocycles. The van der Waals surface area contributed by atoms with Crippen LogP contribution in [0.25, 0.3) is 5.57 Å². The first kappa shape index (κ1) is 18.9. The van der Waals surface area contributed by atoms with E-state index in [-0.39, 0.29) is 22.6 Å². The molecule has 1 aliphatic heterocycles. The lowest BCUT2D eigenvalue weighted by Gasteiger charge is -2.40. The lowest BCUT2D eigenvalue weighted by atomic mass is 9.65. The zero-order valence-corrected chi connectivity index (χ0v) is 16.3. The van der Waals surface area contributed by atoms with Gasteiger partial charge in [0.05, 0.1) is 0 Å². The van der Waals surface area contributed by atoms with Crippen LogP contribution in [-0.2, 0) is 0 Å². The van der Waals surface area contributed by atoms with Gasteiger partial charge in [-0.05, 0) is 71.3 Å². The average Bonchev–Trinajstić information content (AvgIpc) is 2.52. The minimum absolute atomic E-state index is 0.120. The fraction of sp³-hybridized carbons (Fsp3) is 0.591. The van der Waals surface area contributed by atoms with Gasteiger partial charge < -0.3 is 10.0 Å². The van der Waals surface area contributed by atoms with Crippen LogP contribution >= 0.6 is 0 Å². The molecule has 1 heterocycles. The minimum Gasteiger partial charge on any atom is -0.465 e. The topological polar surface area (TPSA) is 40.5 Å². The molecule has 1 saturated heterocycles. The number of carbonyl (C=O) groups is 1. The Balaban J connectivity index is 1.95. The first-order chi connectivity index (χ1) is 12.1. The van der Waals surface area contributed by atoms with Gasteiger partial charge in [-0.25, -0.2) is 9.18 Å². The Labute approximate surface area is 155 Å². The molecule has 142 valence electrons. The molecule has 3 nitrogen and oxygen atoms in total. The van der Waals surface area contributed by atoms with Gasteiger partial charge in [-0.3, -0.25) is 0 Å². The molecule has 1 amide bonds. The normalized spacial score (nSPS) is 22.8. The molecule has 3 rings (SSSR count). The SMILES string of the molecule is CC1(C)C=C(c2ccc(F)cc2C2CCN(C(=O)O)CC2)CC(C)(C)C1. The molecular formula is C22H30FNO2. The summed E-state index contributed by atoms with van der Waals surface area (Å²) in [5, 5.41) is 9.17. The molecule has 0 bridgehead atoms. The maximum absolute atomic E-state index is 14.1. The fourth-order valence-corrected chi connectivity index (χ4v) is 5.10. The van der Waals surface area contributed by atoms with Gasteiger partial charge in [0.1, 0.15) is 5.82 Å². The zero-order valence-electron chi connectivity index (χ0n) is 16.3. The number of likely N-dealkylation sites (tertiary alicyclic amines) is 1. The van der Waals surface area contributed by atoms with Crippen molar-refractivity contribution in [1.82, 2.24) is 4.90 Å². The second-order valence-corrected chi connectivity index (χ2v) is 9.45. The van der Waals surface area contributed by atoms with E-state index < -0.39 is 6.09 Å². The maximum atomic E-state index is 14.1. The molecule has 0 saturated carbocycles. The number of rotatable bonds is 2. The summed E-state index contributed by atoms with van der Waals surface area (Å²) in [5.41, 5.74) is 3.85. The van der Waals surface area contributed by atoms with Crippen LogP contribution in [0.5, 0.6) is 0 Å². The summed E-state index contributed by atoms with van der Waals surface area (Å²) in [7, 11) is 0. The van der Waals surface area contributed by atoms with Gasteiger partial charge in [-0.2, -0.15) is 0 Å². The summed E-state index contributed by atoms with van der Waals surface area (Å²) in [6.45, 7) is 10.2. The third kappa shape index (κ3) is 4.11. The number of carboxylic acid groups (broad SMARTS) is 1. The van der Waals surface area contributed by atoms with Gasteiger partial charge in [-0.1, -0.05) is 39.8 Å². The largest absolute Gasteiger partial charge is 0.465 e. The van der Waals surface area contributed by atoms with Gasteiger partial charge in [0.2, 0.25) is 0 Å². The van der Waals surface area contributed by atoms with Crippen LogP contribution in [0.3, 0.4) is 0 Å². The van der Waals surface area contributed by atoms with Gasteiger partial charge in [0, 0.05) is 13.1 Å². The highest BCUT2D eigenvalue weighted by molar-refractivity contribution is 5.71. The highest BCUT2D eigenvalue weighted by Gasteiger charge is 2.35. The summed E-state index contributed by atoms with van der Waals surface area (Å²) in [4.78, 5) is 12.6. The second kappa shape index (κ2) is 6.71. The fourth-order valence-electron chi connectivity index (χ4n) is 5.10. The summed E-state index contributed by atoms with van der Waals surface area (Å²) < 4.78 is 14.1. The predicted molar refractivity (Wildman–Crippen MR) is 103 cm³/mol. The quantitative estimate of drug-likeness (QED) is 0.713. The number of piperidine rings is 1. The van der Waals surface area contributed by atoms with E-state index >= 15 is 0 Å². The summed E-state index contributed by atoms with van der Waals surface area (Å²) in [6, 6.07) is 5.16. The van der Waals surface area contributed by atoms with Crippen LogP contribution in [0.4, 0.5) is 9.18 Å². The molecular weight excluding hydrogens is 329 g/mol. The van der Waals surface area contributed by atoms with Crippen molar-refractivity contribution in [2.45, 2.75) is 59.3 Å². The summed E-state index contributed by atoms with van der Waals surface area (Å²) in [5.74, 6) is 0.00435. The number of hydrogen-bond donors (Lipinski definition) is 1. The molecule has 0 unspecified atom stereocenters. The third-order valence-corrected chi connectivity index (χ3v) is 5.73. The van der Waals surface area contributed by atoms with Crippen LogP contribution in [-0.4, -0.2) is 29.2 Å². The van der Waals surface area contributed by atoms with Gasteiger partial charge in [0.25, 0.3) is 0 Å². The van der Waals surface area contributed by atoms with Crippen LogP contribution in [0.15, 0.2) is 24.3 Å². The van der Waals surface area contributed by atoms with Crippen LogP contribution in [0.1, 0.15) is 70.4 Å². The average molecular weight is 359 g/mol. The number of hydrogen-bond acceptors (Lipinski definition) is 1. The Bertz CT molecular complexity index is 728. The molecule has 1 N–H and O–H groups in total. The summed E-state index contributed by atoms with van der Waals surface area (Å²) >= 11 is 0. The van der Waals surface area contributed by atoms with E-state index in [0.717, 1.165) is 36.8 Å². The van der Waals surface area contributed by atoms with E-state index in [4.69, 9.17) is 5.11 Å². The lowest BCUT2D eigenvalue weighted by Crippen LogP contribution is -2.37. The predicted octanol–water partition coefficient (Wildman–Crippen LogP) is 5.91. The number of amides is 1. The zero-order chi connectivity index (χ0) is 19.1. The van der Waals surface area contributed by atoms with Gasteiger partial charge in [0.15, 0.2) is 0 Å². The molecule has 1 fully saturated rings. The van der Waals surface area contributed by atoms with Crippen molar-refractivity contribution >= 4 is 11.7 Å². The standard InChI is InChI=1S/C22H30FNO2/c1-21(2)12-16(13-22(3,4)14-21)18-6-5-17(23)11-19(18)15-7-9-24(10-8-15)20(25)26/h5-6,11-12,15H,7-10,13-14H2,1-4H3,(H,25,26). The van der Waals surface area contributed by atoms with E-state index in [1.807, 2.05) is 6.07 Å². The Hall–Kier alpha value is -1.84. The van der Waals surface area contributed by atoms with Crippen molar-refractivity contribution < 1.29 is 14.3 Å². The number of halogens is 1. The first-order valence-electron chi connectivity index (χ1n) is 9.56. The van der Waals surface area contributed by atoms with Crippen molar-refractivity contribution in [1.29, 1.82) is 0 Å². The lowest BCUT2D eigenvalue weighted by molar-refractivity contribution is 0.132. The first-order valence-corrected chi connectivity index (χ1v) is 9.56. The number of benzene rings is 1. The molecule has 26 heavy (non-hydrogen) atoms. The van der Waals surface area contributed by atoms with Gasteiger partial charge in [-0.15, -0.1) is 0 Å². The monoisotopic (exact) mass is 359 g/mol. The Morgan fingerprint density at radius 2 is 1.85 bits per heavy atom. The van der Waals surface area contributed by atoms with Crippen molar-refractivity contribution in [3.63, 3.8) is 0 Å². The van der Waals surface area contributed by atoms with Crippen LogP contribution < -0.4 is 0 Å². The smallest absolute Gasteiger partial charge is 0.407 e.